The molecule has 0 unspecified atom stereocenters. The molecule has 0 saturated carbocycles. The number of imidazole rings is 1. The number of morpholine rings is 1. The fraction of sp³-hybridized carbons (Fsp3) is 0.238. The van der Waals surface area contributed by atoms with E-state index >= 15 is 0 Å². The van der Waals surface area contributed by atoms with Crippen LogP contribution < -0.4 is 16.2 Å². The summed E-state index contributed by atoms with van der Waals surface area (Å²) in [5.41, 5.74) is 10.4. The summed E-state index contributed by atoms with van der Waals surface area (Å²) in [6.07, 6.45) is 0. The molecule has 1 saturated heterocycles. The number of aromatic nitrogens is 3. The highest BCUT2D eigenvalue weighted by atomic mass is 35.5. The fourth-order valence-electron chi connectivity index (χ4n) is 3.91. The summed E-state index contributed by atoms with van der Waals surface area (Å²) in [4.78, 5) is 23.2. The first-order valence-corrected chi connectivity index (χ1v) is 9.81. The second kappa shape index (κ2) is 6.79. The van der Waals surface area contributed by atoms with Crippen LogP contribution in [0.15, 0.2) is 41.2 Å². The number of fused-ring (bicyclic) bond motifs is 2. The number of halogens is 1. The number of benzene rings is 2. The number of ether oxygens (including phenoxy) is 1. The van der Waals surface area contributed by atoms with E-state index in [2.05, 4.69) is 20.9 Å². The minimum absolute atomic E-state index is 0.204. The minimum Gasteiger partial charge on any atom is -0.397 e. The maximum Gasteiger partial charge on any atom is 0.263 e. The molecule has 4 aromatic rings. The van der Waals surface area contributed by atoms with Crippen LogP contribution in [0.5, 0.6) is 0 Å². The van der Waals surface area contributed by atoms with Gasteiger partial charge in [-0.2, -0.15) is 0 Å². The van der Waals surface area contributed by atoms with Gasteiger partial charge in [-0.25, -0.2) is 4.98 Å². The predicted octanol–water partition coefficient (Wildman–Crippen LogP) is 3.15. The molecular weight excluding hydrogens is 390 g/mol. The van der Waals surface area contributed by atoms with Gasteiger partial charge in [0.1, 0.15) is 11.4 Å². The van der Waals surface area contributed by atoms with Crippen LogP contribution in [-0.2, 0) is 11.8 Å². The summed E-state index contributed by atoms with van der Waals surface area (Å²) in [6.45, 7) is 3.15. The molecule has 7 nitrogen and oxygen atoms in total. The monoisotopic (exact) mass is 409 g/mol. The molecule has 3 N–H and O–H groups in total. The van der Waals surface area contributed by atoms with Crippen LogP contribution in [0.1, 0.15) is 0 Å². The number of rotatable bonds is 2. The summed E-state index contributed by atoms with van der Waals surface area (Å²) in [6, 6.07) is 11.4. The van der Waals surface area contributed by atoms with E-state index in [1.54, 1.807) is 29.8 Å². The van der Waals surface area contributed by atoms with Gasteiger partial charge in [0.25, 0.3) is 5.56 Å². The van der Waals surface area contributed by atoms with Gasteiger partial charge in [0.2, 0.25) is 0 Å². The average Bonchev–Trinajstić information content (AvgIpc) is 3.15. The molecule has 2 aromatic carbocycles. The number of nitrogen functional groups attached to an aromatic ring is 1. The highest BCUT2D eigenvalue weighted by Gasteiger charge is 2.19. The Hall–Kier alpha value is -3.03. The van der Waals surface area contributed by atoms with E-state index in [-0.39, 0.29) is 5.56 Å². The van der Waals surface area contributed by atoms with Crippen LogP contribution in [0.25, 0.3) is 33.3 Å². The number of H-pyrrole nitrogens is 1. The Morgan fingerprint density at radius 3 is 2.76 bits per heavy atom. The highest BCUT2D eigenvalue weighted by molar-refractivity contribution is 6.31. The van der Waals surface area contributed by atoms with Gasteiger partial charge in [-0.05, 0) is 36.4 Å². The molecule has 29 heavy (non-hydrogen) atoms. The Labute approximate surface area is 171 Å². The molecular formula is C21H20ClN5O2. The summed E-state index contributed by atoms with van der Waals surface area (Å²) >= 11 is 6.16. The summed E-state index contributed by atoms with van der Waals surface area (Å²) in [7, 11) is 1.72. The quantitative estimate of drug-likeness (QED) is 0.531. The lowest BCUT2D eigenvalue weighted by Gasteiger charge is -2.28. The van der Waals surface area contributed by atoms with Crippen LogP contribution in [0, 0.1) is 0 Å². The summed E-state index contributed by atoms with van der Waals surface area (Å²) < 4.78 is 7.00. The van der Waals surface area contributed by atoms with E-state index in [1.165, 1.54) is 0 Å². The van der Waals surface area contributed by atoms with Gasteiger partial charge in [0.15, 0.2) is 0 Å². The average molecular weight is 410 g/mol. The van der Waals surface area contributed by atoms with Crippen molar-refractivity contribution < 1.29 is 4.74 Å². The molecule has 0 aliphatic carbocycles. The SMILES string of the molecule is Cn1c(=O)c(-c2nc3ccc(N4CCOCC4)cc3[nH]2)c(N)c2cc(Cl)ccc21. The van der Waals surface area contributed by atoms with Gasteiger partial charge in [0.05, 0.1) is 35.5 Å². The molecule has 1 fully saturated rings. The first-order valence-electron chi connectivity index (χ1n) is 9.43. The molecule has 148 valence electrons. The number of nitrogens with zero attached hydrogens (tertiary/aromatic N) is 3. The normalized spacial score (nSPS) is 14.8. The smallest absolute Gasteiger partial charge is 0.263 e. The Morgan fingerprint density at radius 2 is 1.97 bits per heavy atom. The van der Waals surface area contributed by atoms with Crippen molar-refractivity contribution in [2.24, 2.45) is 7.05 Å². The Balaban J connectivity index is 1.67. The zero-order valence-electron chi connectivity index (χ0n) is 15.9. The van der Waals surface area contributed by atoms with Gasteiger partial charge >= 0.3 is 0 Å². The van der Waals surface area contributed by atoms with Crippen molar-refractivity contribution >= 4 is 44.9 Å². The molecule has 0 radical (unpaired) electrons. The maximum absolute atomic E-state index is 13.0. The Kier molecular flexibility index (Phi) is 4.22. The molecule has 5 rings (SSSR count). The predicted molar refractivity (Wildman–Crippen MR) is 117 cm³/mol. The van der Waals surface area contributed by atoms with Gasteiger partial charge < -0.3 is 24.9 Å². The van der Waals surface area contributed by atoms with E-state index in [9.17, 15) is 4.79 Å². The van der Waals surface area contributed by atoms with Crippen molar-refractivity contribution in [2.75, 3.05) is 36.9 Å². The largest absolute Gasteiger partial charge is 0.397 e. The molecule has 1 aliphatic rings. The van der Waals surface area contributed by atoms with Crippen LogP contribution in [0.2, 0.25) is 5.02 Å². The molecule has 2 aromatic heterocycles. The van der Waals surface area contributed by atoms with Crippen LogP contribution >= 0.6 is 11.6 Å². The zero-order chi connectivity index (χ0) is 20.1. The van der Waals surface area contributed by atoms with Crippen molar-refractivity contribution in [3.8, 4) is 11.4 Å². The number of hydrogen-bond donors (Lipinski definition) is 2. The molecule has 8 heteroatoms. The lowest BCUT2D eigenvalue weighted by Crippen LogP contribution is -2.36. The van der Waals surface area contributed by atoms with E-state index in [0.717, 1.165) is 53.9 Å². The number of nitrogens with one attached hydrogen (secondary N) is 1. The van der Waals surface area contributed by atoms with Crippen molar-refractivity contribution in [1.29, 1.82) is 0 Å². The van der Waals surface area contributed by atoms with Gasteiger partial charge in [0, 0.05) is 36.2 Å². The van der Waals surface area contributed by atoms with Crippen molar-refractivity contribution in [2.45, 2.75) is 0 Å². The van der Waals surface area contributed by atoms with Crippen molar-refractivity contribution in [3.05, 3.63) is 51.8 Å². The zero-order valence-corrected chi connectivity index (χ0v) is 16.7. The van der Waals surface area contributed by atoms with Crippen LogP contribution in [-0.4, -0.2) is 40.8 Å². The third-order valence-electron chi connectivity index (χ3n) is 5.48. The number of pyridine rings is 1. The lowest BCUT2D eigenvalue weighted by molar-refractivity contribution is 0.122. The second-order valence-corrected chi connectivity index (χ2v) is 7.64. The van der Waals surface area contributed by atoms with E-state index < -0.39 is 0 Å². The molecule has 0 spiro atoms. The van der Waals surface area contributed by atoms with E-state index in [4.69, 9.17) is 22.1 Å². The minimum atomic E-state index is -0.204. The third kappa shape index (κ3) is 2.94. The van der Waals surface area contributed by atoms with E-state index in [1.807, 2.05) is 12.1 Å². The Morgan fingerprint density at radius 1 is 1.17 bits per heavy atom. The standard InChI is InChI=1S/C21H20ClN5O2/c1-26-17-5-2-12(22)10-14(17)19(23)18(21(26)28)20-24-15-4-3-13(11-16(15)25-20)27-6-8-29-9-7-27/h2-5,10-11H,6-9,23H2,1H3,(H,24,25). The van der Waals surface area contributed by atoms with Gasteiger partial charge in [-0.15, -0.1) is 0 Å². The third-order valence-corrected chi connectivity index (χ3v) is 5.71. The van der Waals surface area contributed by atoms with E-state index in [0.29, 0.717) is 22.1 Å². The first kappa shape index (κ1) is 18.0. The van der Waals surface area contributed by atoms with Crippen molar-refractivity contribution in [1.82, 2.24) is 14.5 Å². The second-order valence-electron chi connectivity index (χ2n) is 7.20. The fourth-order valence-corrected chi connectivity index (χ4v) is 4.08. The molecule has 0 amide bonds. The number of anilines is 2. The molecule has 0 bridgehead atoms. The van der Waals surface area contributed by atoms with Gasteiger partial charge in [-0.1, -0.05) is 11.6 Å². The number of nitrogens with two attached hydrogens (primary N) is 1. The molecule has 3 heterocycles. The Bertz CT molecular complexity index is 1300. The topological polar surface area (TPSA) is 89.2 Å². The highest BCUT2D eigenvalue weighted by Crippen LogP contribution is 2.31. The number of hydrogen-bond acceptors (Lipinski definition) is 5. The maximum atomic E-state index is 13.0. The van der Waals surface area contributed by atoms with Crippen LogP contribution in [0.4, 0.5) is 11.4 Å². The number of aromatic amines is 1. The molecule has 0 atom stereocenters. The van der Waals surface area contributed by atoms with Crippen LogP contribution in [0.3, 0.4) is 0 Å². The first-order chi connectivity index (χ1) is 14.0. The summed E-state index contributed by atoms with van der Waals surface area (Å²) in [5.74, 6) is 0.458. The number of aryl methyl sites for hydroxylation is 1. The summed E-state index contributed by atoms with van der Waals surface area (Å²) in [5, 5.41) is 1.29. The van der Waals surface area contributed by atoms with Crippen molar-refractivity contribution in [3.63, 3.8) is 0 Å². The lowest BCUT2D eigenvalue weighted by atomic mass is 10.1. The van der Waals surface area contributed by atoms with Gasteiger partial charge in [-0.3, -0.25) is 4.79 Å². The molecule has 1 aliphatic heterocycles.